The van der Waals surface area contributed by atoms with Gasteiger partial charge in [0, 0.05) is 0 Å². The zero-order chi connectivity index (χ0) is 10.7. The van der Waals surface area contributed by atoms with Crippen LogP contribution in [0.5, 0.6) is 0 Å². The molecule has 1 aromatic carbocycles. The Hall–Kier alpha value is -1.65. The molecular weight excluding hydrogens is 259 g/mol. The predicted molar refractivity (Wildman–Crippen MR) is 57.8 cm³/mol. The summed E-state index contributed by atoms with van der Waals surface area (Å²) >= 11 is -0.148. The predicted octanol–water partition coefficient (Wildman–Crippen LogP) is 0.368. The Kier molecular flexibility index (Phi) is 2.80. The van der Waals surface area contributed by atoms with Crippen LogP contribution in [0.2, 0.25) is 0 Å². The van der Waals surface area contributed by atoms with Crippen molar-refractivity contribution in [1.82, 2.24) is 10.2 Å². The molecule has 5 nitrogen and oxygen atoms in total. The number of aromatic nitrogens is 2. The average Bonchev–Trinajstić information content (AvgIpc) is 2.65. The van der Waals surface area contributed by atoms with Crippen molar-refractivity contribution >= 4 is 29.8 Å². The van der Waals surface area contributed by atoms with E-state index in [-0.39, 0.29) is 20.4 Å². The van der Waals surface area contributed by atoms with Crippen LogP contribution in [0.3, 0.4) is 0 Å². The number of nitrogens with one attached hydrogen (secondary N) is 1. The van der Waals surface area contributed by atoms with Crippen LogP contribution in [-0.4, -0.2) is 30.6 Å². The molecule has 3 N–H and O–H groups in total. The number of anilines is 2. The van der Waals surface area contributed by atoms with E-state index >= 15 is 0 Å². The first-order valence-corrected chi connectivity index (χ1v) is 5.92. The molecule has 0 fully saturated rings. The molecule has 0 atom stereocenters. The van der Waals surface area contributed by atoms with E-state index < -0.39 is 0 Å². The normalized spacial score (nSPS) is 9.87. The van der Waals surface area contributed by atoms with Crippen LogP contribution in [0.1, 0.15) is 10.4 Å². The van der Waals surface area contributed by atoms with Gasteiger partial charge in [-0.3, -0.25) is 0 Å². The number of hydrogen-bond donors (Lipinski definition) is 2. The Morgan fingerprint density at radius 3 is 2.60 bits per heavy atom. The molecule has 2 rings (SSSR count). The summed E-state index contributed by atoms with van der Waals surface area (Å²) in [6.45, 7) is 0. The van der Waals surface area contributed by atoms with Crippen LogP contribution in [0.25, 0.3) is 0 Å². The van der Waals surface area contributed by atoms with E-state index in [0.717, 1.165) is 0 Å². The third-order valence-corrected chi connectivity index (χ3v) is 3.10. The molecule has 76 valence electrons. The Morgan fingerprint density at radius 1 is 1.27 bits per heavy atom. The number of nitrogens with zero attached hydrogens (tertiary/aromatic N) is 2. The van der Waals surface area contributed by atoms with Crippen molar-refractivity contribution in [2.75, 3.05) is 11.1 Å². The van der Waals surface area contributed by atoms with Crippen molar-refractivity contribution in [3.8, 4) is 0 Å². The van der Waals surface area contributed by atoms with Crippen LogP contribution in [0.15, 0.2) is 30.3 Å². The maximum absolute atomic E-state index is 11.6. The topological polar surface area (TPSA) is 80.9 Å². The second kappa shape index (κ2) is 4.25. The SMILES string of the molecule is Nc1nnc(NC(=O)c2ccccc2)[se]1. The number of benzene rings is 1. The summed E-state index contributed by atoms with van der Waals surface area (Å²) < 4.78 is 1.03. The minimum absolute atomic E-state index is 0.148. The van der Waals surface area contributed by atoms with Gasteiger partial charge in [-0.05, 0) is 0 Å². The molecule has 0 bridgehead atoms. The molecule has 0 saturated carbocycles. The van der Waals surface area contributed by atoms with Crippen molar-refractivity contribution in [3.63, 3.8) is 0 Å². The number of hydrogen-bond acceptors (Lipinski definition) is 4. The fourth-order valence-corrected chi connectivity index (χ4v) is 2.10. The molecule has 1 aromatic heterocycles. The monoisotopic (exact) mass is 268 g/mol. The van der Waals surface area contributed by atoms with Gasteiger partial charge in [-0.1, -0.05) is 0 Å². The zero-order valence-electron chi connectivity index (χ0n) is 7.68. The van der Waals surface area contributed by atoms with Crippen LogP contribution in [-0.2, 0) is 0 Å². The molecule has 0 aliphatic rings. The zero-order valence-corrected chi connectivity index (χ0v) is 9.39. The van der Waals surface area contributed by atoms with Crippen molar-refractivity contribution in [3.05, 3.63) is 35.9 Å². The van der Waals surface area contributed by atoms with E-state index in [4.69, 9.17) is 5.73 Å². The van der Waals surface area contributed by atoms with Gasteiger partial charge in [0.1, 0.15) is 0 Å². The van der Waals surface area contributed by atoms with Gasteiger partial charge in [0.15, 0.2) is 0 Å². The number of amides is 1. The minimum atomic E-state index is -0.180. The van der Waals surface area contributed by atoms with Crippen LogP contribution in [0.4, 0.5) is 9.38 Å². The summed E-state index contributed by atoms with van der Waals surface area (Å²) in [5.41, 5.74) is 6.05. The summed E-state index contributed by atoms with van der Waals surface area (Å²) in [6, 6.07) is 8.95. The molecule has 0 spiro atoms. The van der Waals surface area contributed by atoms with E-state index in [1.165, 1.54) is 0 Å². The van der Waals surface area contributed by atoms with Gasteiger partial charge < -0.3 is 0 Å². The molecule has 0 unspecified atom stereocenters. The quantitative estimate of drug-likeness (QED) is 0.770. The maximum atomic E-state index is 11.6. The van der Waals surface area contributed by atoms with Crippen molar-refractivity contribution in [2.45, 2.75) is 0 Å². The number of carbonyl (C=O) groups is 1. The fourth-order valence-electron chi connectivity index (χ4n) is 1.04. The van der Waals surface area contributed by atoms with Gasteiger partial charge in [-0.25, -0.2) is 0 Å². The Labute approximate surface area is 92.1 Å². The summed E-state index contributed by atoms with van der Waals surface area (Å²) in [4.78, 5) is 11.6. The Bertz CT molecular complexity index is 468. The van der Waals surface area contributed by atoms with Crippen molar-refractivity contribution < 1.29 is 4.79 Å². The molecule has 0 aliphatic heterocycles. The molecule has 1 amide bonds. The first-order chi connectivity index (χ1) is 7.25. The van der Waals surface area contributed by atoms with Gasteiger partial charge in [-0.2, -0.15) is 0 Å². The summed E-state index contributed by atoms with van der Waals surface area (Å²) in [6.07, 6.45) is 0. The van der Waals surface area contributed by atoms with Gasteiger partial charge >= 0.3 is 91.7 Å². The molecule has 1 heterocycles. The van der Waals surface area contributed by atoms with Crippen LogP contribution >= 0.6 is 0 Å². The number of carbonyl (C=O) groups excluding carboxylic acids is 1. The van der Waals surface area contributed by atoms with Gasteiger partial charge in [0.25, 0.3) is 0 Å². The van der Waals surface area contributed by atoms with Crippen molar-refractivity contribution in [2.24, 2.45) is 0 Å². The van der Waals surface area contributed by atoms with E-state index in [1.807, 2.05) is 6.07 Å². The van der Waals surface area contributed by atoms with Crippen molar-refractivity contribution in [1.29, 1.82) is 0 Å². The number of nitrogens with two attached hydrogens (primary N) is 1. The van der Waals surface area contributed by atoms with Crippen LogP contribution in [0, 0.1) is 0 Å². The van der Waals surface area contributed by atoms with Gasteiger partial charge in [-0.15, -0.1) is 0 Å². The van der Waals surface area contributed by atoms with Gasteiger partial charge in [0.2, 0.25) is 0 Å². The molecule has 6 heteroatoms. The molecule has 2 aromatic rings. The average molecular weight is 267 g/mol. The second-order valence-electron chi connectivity index (χ2n) is 2.77. The van der Waals surface area contributed by atoms with Crippen LogP contribution < -0.4 is 11.1 Å². The first-order valence-electron chi connectivity index (χ1n) is 4.21. The Balaban J connectivity index is 2.11. The van der Waals surface area contributed by atoms with Gasteiger partial charge in [0.05, 0.1) is 0 Å². The number of nitrogen functional groups attached to an aromatic ring is 1. The summed E-state index contributed by atoms with van der Waals surface area (Å²) in [7, 11) is 0. The third-order valence-electron chi connectivity index (χ3n) is 1.70. The van der Waals surface area contributed by atoms with E-state index in [1.54, 1.807) is 24.3 Å². The Morgan fingerprint density at radius 2 is 2.00 bits per heavy atom. The number of rotatable bonds is 2. The molecule has 15 heavy (non-hydrogen) atoms. The van der Waals surface area contributed by atoms with E-state index in [9.17, 15) is 4.79 Å². The first kappa shape index (κ1) is 9.89. The molecule has 0 saturated heterocycles. The van der Waals surface area contributed by atoms with E-state index in [2.05, 4.69) is 15.5 Å². The second-order valence-corrected chi connectivity index (χ2v) is 4.88. The third kappa shape index (κ3) is 2.43. The summed E-state index contributed by atoms with van der Waals surface area (Å²) in [5.74, 6) is -0.180. The van der Waals surface area contributed by atoms with E-state index in [0.29, 0.717) is 14.9 Å². The molecular formula is C9H8N4OSe. The standard InChI is InChI=1S/C9H8N4OSe/c10-8-12-13-9(15-8)11-7(14)6-4-2-1-3-5-6/h1-5H,(H2,10,12)(H,11,13,14). The summed E-state index contributed by atoms with van der Waals surface area (Å²) in [5, 5.41) is 10.1. The molecule has 0 radical (unpaired) electrons. The fraction of sp³-hybridized carbons (Fsp3) is 0. The molecule has 0 aliphatic carbocycles.